The Kier molecular flexibility index (Phi) is 6.30. The summed E-state index contributed by atoms with van der Waals surface area (Å²) in [7, 11) is 0. The molecule has 0 radical (unpaired) electrons. The van der Waals surface area contributed by atoms with Crippen molar-refractivity contribution in [3.8, 4) is 0 Å². The highest BCUT2D eigenvalue weighted by atomic mass is 79.9. The van der Waals surface area contributed by atoms with Crippen LogP contribution in [-0.4, -0.2) is 34.7 Å². The molecule has 6 nitrogen and oxygen atoms in total. The molecule has 10 heteroatoms. The van der Waals surface area contributed by atoms with Crippen LogP contribution in [0, 0.1) is 6.92 Å². The zero-order valence-corrected chi connectivity index (χ0v) is 16.4. The van der Waals surface area contributed by atoms with Crippen LogP contribution < -0.4 is 10.6 Å². The molecule has 0 aliphatic heterocycles. The highest BCUT2D eigenvalue weighted by Gasteiger charge is 2.28. The third kappa shape index (κ3) is 5.31. The predicted octanol–water partition coefficient (Wildman–Crippen LogP) is 4.15. The minimum absolute atomic E-state index is 0.00381. The molecule has 0 aliphatic rings. The summed E-state index contributed by atoms with van der Waals surface area (Å²) in [6, 6.07) is 4.25. The third-order valence-electron chi connectivity index (χ3n) is 3.72. The van der Waals surface area contributed by atoms with Gasteiger partial charge in [0.15, 0.2) is 5.69 Å². The fourth-order valence-corrected chi connectivity index (χ4v) is 3.05. The number of hydrogen-bond acceptors (Lipinski definition) is 3. The van der Waals surface area contributed by atoms with Crippen molar-refractivity contribution in [2.45, 2.75) is 32.9 Å². The van der Waals surface area contributed by atoms with Crippen LogP contribution in [0.2, 0.25) is 0 Å². The number of rotatable bonds is 5. The molecule has 0 bridgehead atoms. The van der Waals surface area contributed by atoms with E-state index in [0.29, 0.717) is 15.7 Å². The molecule has 27 heavy (non-hydrogen) atoms. The summed E-state index contributed by atoms with van der Waals surface area (Å²) in [6.45, 7) is 4.14. The molecule has 2 amide bonds. The molecule has 1 heterocycles. The lowest BCUT2D eigenvalue weighted by Crippen LogP contribution is -2.33. The topological polar surface area (TPSA) is 86.9 Å². The molecule has 2 rings (SSSR count). The van der Waals surface area contributed by atoms with Crippen LogP contribution in [0.4, 0.5) is 18.9 Å². The minimum Gasteiger partial charge on any atom is -0.343 e. The number of alkyl halides is 3. The average Bonchev–Trinajstić information content (AvgIpc) is 2.95. The van der Waals surface area contributed by atoms with Gasteiger partial charge in [-0.3, -0.25) is 14.7 Å². The van der Waals surface area contributed by atoms with Gasteiger partial charge in [-0.25, -0.2) is 0 Å². The minimum atomic E-state index is -4.50. The van der Waals surface area contributed by atoms with Crippen LogP contribution in [-0.2, 0) is 0 Å². The van der Waals surface area contributed by atoms with E-state index in [4.69, 9.17) is 0 Å². The molecule has 2 aromatic rings. The summed E-state index contributed by atoms with van der Waals surface area (Å²) in [5.74, 6) is -1.28. The van der Waals surface area contributed by atoms with Gasteiger partial charge in [0.05, 0.1) is 10.2 Å². The molecule has 0 unspecified atom stereocenters. The molecule has 0 aliphatic carbocycles. The zero-order valence-electron chi connectivity index (χ0n) is 14.8. The number of nitrogens with zero attached hydrogens (tertiary/aromatic N) is 1. The lowest BCUT2D eigenvalue weighted by Gasteiger charge is -2.11. The van der Waals surface area contributed by atoms with E-state index in [9.17, 15) is 22.8 Å². The normalized spacial score (nSPS) is 11.6. The van der Waals surface area contributed by atoms with Crippen molar-refractivity contribution < 1.29 is 22.8 Å². The number of hydrogen-bond donors (Lipinski definition) is 3. The molecule has 0 atom stereocenters. The zero-order chi connectivity index (χ0) is 20.4. The number of amides is 2. The van der Waals surface area contributed by atoms with Gasteiger partial charge < -0.3 is 10.6 Å². The Morgan fingerprint density at radius 1 is 1.26 bits per heavy atom. The van der Waals surface area contributed by atoms with Crippen LogP contribution in [0.1, 0.15) is 51.9 Å². The standard InChI is InChI=1S/C17H18BrF3N4O2/c1-8(2)13-12(18)14(25-24-13)16(27)23-11-6-10(5-4-9(11)3)15(26)22-7-17(19,20)21/h4-6,8H,7H2,1-3H3,(H,22,26)(H,23,27)(H,24,25). The van der Waals surface area contributed by atoms with Crippen molar-refractivity contribution in [2.75, 3.05) is 11.9 Å². The van der Waals surface area contributed by atoms with Gasteiger partial charge >= 0.3 is 6.18 Å². The number of aryl methyl sites for hydroxylation is 1. The fourth-order valence-electron chi connectivity index (χ4n) is 2.24. The van der Waals surface area contributed by atoms with Gasteiger partial charge in [-0.1, -0.05) is 19.9 Å². The van der Waals surface area contributed by atoms with E-state index >= 15 is 0 Å². The van der Waals surface area contributed by atoms with Gasteiger partial charge in [0.25, 0.3) is 11.8 Å². The number of carbonyl (C=O) groups excluding carboxylic acids is 2. The van der Waals surface area contributed by atoms with Crippen molar-refractivity contribution in [3.63, 3.8) is 0 Å². The molecule has 1 aromatic carbocycles. The van der Waals surface area contributed by atoms with Crippen LogP contribution >= 0.6 is 15.9 Å². The van der Waals surface area contributed by atoms with Crippen LogP contribution in [0.5, 0.6) is 0 Å². The Bertz CT molecular complexity index is 862. The first-order chi connectivity index (χ1) is 12.5. The summed E-state index contributed by atoms with van der Waals surface area (Å²) < 4.78 is 37.3. The summed E-state index contributed by atoms with van der Waals surface area (Å²) in [5, 5.41) is 11.2. The number of benzene rings is 1. The molecule has 1 aromatic heterocycles. The number of aromatic amines is 1. The maximum absolute atomic E-state index is 12.5. The summed E-state index contributed by atoms with van der Waals surface area (Å²) in [5.41, 5.74) is 1.86. The number of halogens is 4. The Labute approximate surface area is 162 Å². The van der Waals surface area contributed by atoms with E-state index in [1.54, 1.807) is 12.2 Å². The predicted molar refractivity (Wildman–Crippen MR) is 97.9 cm³/mol. The van der Waals surface area contributed by atoms with Crippen molar-refractivity contribution >= 4 is 33.4 Å². The van der Waals surface area contributed by atoms with Gasteiger partial charge in [0.2, 0.25) is 0 Å². The molecule has 146 valence electrons. The van der Waals surface area contributed by atoms with Crippen LogP contribution in [0.15, 0.2) is 22.7 Å². The molecule has 0 saturated carbocycles. The second kappa shape index (κ2) is 8.12. The lowest BCUT2D eigenvalue weighted by molar-refractivity contribution is -0.123. The Morgan fingerprint density at radius 2 is 1.93 bits per heavy atom. The molecular formula is C17H18BrF3N4O2. The number of aromatic nitrogens is 2. The van der Waals surface area contributed by atoms with E-state index in [2.05, 4.69) is 31.4 Å². The SMILES string of the molecule is Cc1ccc(C(=O)NCC(F)(F)F)cc1NC(=O)c1n[nH]c(C(C)C)c1Br. The van der Waals surface area contributed by atoms with Crippen LogP contribution in [0.3, 0.4) is 0 Å². The highest BCUT2D eigenvalue weighted by Crippen LogP contribution is 2.27. The van der Waals surface area contributed by atoms with Gasteiger partial charge in [0.1, 0.15) is 6.54 Å². The number of carbonyl (C=O) groups is 2. The fraction of sp³-hybridized carbons (Fsp3) is 0.353. The molecule has 0 spiro atoms. The monoisotopic (exact) mass is 446 g/mol. The smallest absolute Gasteiger partial charge is 0.343 e. The molecule has 0 saturated heterocycles. The second-order valence-electron chi connectivity index (χ2n) is 6.24. The average molecular weight is 447 g/mol. The Hall–Kier alpha value is -2.36. The molecule has 3 N–H and O–H groups in total. The van der Waals surface area contributed by atoms with Gasteiger partial charge in [-0.2, -0.15) is 18.3 Å². The Balaban J connectivity index is 2.19. The van der Waals surface area contributed by atoms with Crippen LogP contribution in [0.25, 0.3) is 0 Å². The maximum atomic E-state index is 12.5. The second-order valence-corrected chi connectivity index (χ2v) is 7.03. The lowest BCUT2D eigenvalue weighted by atomic mass is 10.1. The van der Waals surface area contributed by atoms with Gasteiger partial charge in [0, 0.05) is 11.3 Å². The van der Waals surface area contributed by atoms with E-state index in [-0.39, 0.29) is 17.2 Å². The van der Waals surface area contributed by atoms with Crippen molar-refractivity contribution in [3.05, 3.63) is 45.2 Å². The van der Waals surface area contributed by atoms with Crippen molar-refractivity contribution in [2.24, 2.45) is 0 Å². The highest BCUT2D eigenvalue weighted by molar-refractivity contribution is 9.10. The quantitative estimate of drug-likeness (QED) is 0.644. The summed E-state index contributed by atoms with van der Waals surface area (Å²) in [6.07, 6.45) is -4.50. The van der Waals surface area contributed by atoms with E-state index in [0.717, 1.165) is 5.69 Å². The first kappa shape index (κ1) is 20.9. The van der Waals surface area contributed by atoms with Crippen molar-refractivity contribution in [1.82, 2.24) is 15.5 Å². The van der Waals surface area contributed by atoms with E-state index in [1.807, 2.05) is 13.8 Å². The largest absolute Gasteiger partial charge is 0.405 e. The number of H-pyrrole nitrogens is 1. The molecule has 0 fully saturated rings. The number of nitrogens with one attached hydrogen (secondary N) is 3. The first-order valence-corrected chi connectivity index (χ1v) is 8.79. The maximum Gasteiger partial charge on any atom is 0.405 e. The number of anilines is 1. The van der Waals surface area contributed by atoms with E-state index < -0.39 is 24.5 Å². The Morgan fingerprint density at radius 3 is 2.48 bits per heavy atom. The van der Waals surface area contributed by atoms with Crippen molar-refractivity contribution in [1.29, 1.82) is 0 Å². The van der Waals surface area contributed by atoms with Gasteiger partial charge in [-0.15, -0.1) is 0 Å². The van der Waals surface area contributed by atoms with Gasteiger partial charge in [-0.05, 0) is 46.5 Å². The molecular weight excluding hydrogens is 429 g/mol. The third-order valence-corrected chi connectivity index (χ3v) is 4.53. The first-order valence-electron chi connectivity index (χ1n) is 8.00. The summed E-state index contributed by atoms with van der Waals surface area (Å²) in [4.78, 5) is 24.4. The van der Waals surface area contributed by atoms with E-state index in [1.165, 1.54) is 18.2 Å². The summed E-state index contributed by atoms with van der Waals surface area (Å²) >= 11 is 3.34.